The summed E-state index contributed by atoms with van der Waals surface area (Å²) in [5.41, 5.74) is 10.6. The zero-order valence-corrected chi connectivity index (χ0v) is 20.1. The number of aliphatic carboxylic acids is 1. The fourth-order valence-electron chi connectivity index (χ4n) is 4.23. The van der Waals surface area contributed by atoms with E-state index in [0.717, 1.165) is 46.0 Å². The molecule has 0 aliphatic heterocycles. The molecule has 0 radical (unpaired) electrons. The number of halogens is 3. The number of aryl methyl sites for hydroxylation is 3. The van der Waals surface area contributed by atoms with Crippen LogP contribution in [0.5, 0.6) is 0 Å². The largest absolute Gasteiger partial charge is 0.490 e. The average molecular weight is 515 g/mol. The Hall–Kier alpha value is -4.32. The molecule has 5 aromatic rings. The molecule has 4 N–H and O–H groups in total. The second-order valence-electron chi connectivity index (χ2n) is 8.53. The van der Waals surface area contributed by atoms with Crippen molar-refractivity contribution in [1.29, 1.82) is 0 Å². The Morgan fingerprint density at radius 3 is 2.49 bits per heavy atom. The maximum atomic E-state index is 12.9. The highest BCUT2D eigenvalue weighted by molar-refractivity contribution is 5.96. The number of nitrogens with one attached hydrogen (secondary N) is 1. The minimum absolute atomic E-state index is 0.253. The molecule has 0 unspecified atom stereocenters. The lowest BCUT2D eigenvalue weighted by Gasteiger charge is -2.04. The summed E-state index contributed by atoms with van der Waals surface area (Å²) >= 11 is 0. The topological polar surface area (TPSA) is 124 Å². The molecular weight excluding hydrogens is 489 g/mol. The van der Waals surface area contributed by atoms with Gasteiger partial charge in [0.25, 0.3) is 0 Å². The van der Waals surface area contributed by atoms with E-state index in [1.165, 1.54) is 5.56 Å². The summed E-state index contributed by atoms with van der Waals surface area (Å²) < 4.78 is 37.7. The Morgan fingerprint density at radius 1 is 1.11 bits per heavy atom. The normalized spacial score (nSPS) is 11.6. The van der Waals surface area contributed by atoms with Crippen molar-refractivity contribution < 1.29 is 23.1 Å². The number of fused-ring (bicyclic) bond motifs is 2. The summed E-state index contributed by atoms with van der Waals surface area (Å²) in [7, 11) is 2.00. The van der Waals surface area contributed by atoms with Crippen LogP contribution in [-0.2, 0) is 18.4 Å². The van der Waals surface area contributed by atoms with E-state index < -0.39 is 12.1 Å². The fourth-order valence-corrected chi connectivity index (χ4v) is 4.23. The van der Waals surface area contributed by atoms with E-state index in [1.54, 1.807) is 4.57 Å². The molecule has 0 saturated heterocycles. The van der Waals surface area contributed by atoms with E-state index in [0.29, 0.717) is 12.4 Å². The predicted octanol–water partition coefficient (Wildman–Crippen LogP) is 3.96. The van der Waals surface area contributed by atoms with Crippen molar-refractivity contribution in [1.82, 2.24) is 23.9 Å². The average Bonchev–Trinajstić information content (AvgIpc) is 3.50. The summed E-state index contributed by atoms with van der Waals surface area (Å²) in [6, 6.07) is 14.4. The molecule has 3 heterocycles. The third-order valence-electron chi connectivity index (χ3n) is 5.91. The SMILES string of the molecule is Cc1ccc2c(-n3c(-c4cn(C)c5ccccc45)n[nH]c3=O)cn(CCCN)c2c1.O=C(O)C(F)(F)F. The Balaban J connectivity index is 0.000000405. The maximum Gasteiger partial charge on any atom is 0.490 e. The third-order valence-corrected chi connectivity index (χ3v) is 5.91. The van der Waals surface area contributed by atoms with Gasteiger partial charge in [0, 0.05) is 47.8 Å². The van der Waals surface area contributed by atoms with Crippen LogP contribution in [0, 0.1) is 6.92 Å². The number of alkyl halides is 3. The maximum absolute atomic E-state index is 12.9. The first-order valence-electron chi connectivity index (χ1n) is 11.3. The summed E-state index contributed by atoms with van der Waals surface area (Å²) in [5, 5.41) is 16.3. The Morgan fingerprint density at radius 2 is 1.81 bits per heavy atom. The molecule has 0 fully saturated rings. The number of para-hydroxylation sites is 1. The van der Waals surface area contributed by atoms with Crippen LogP contribution >= 0.6 is 0 Å². The van der Waals surface area contributed by atoms with Gasteiger partial charge in [0.05, 0.1) is 11.2 Å². The predicted molar refractivity (Wildman–Crippen MR) is 134 cm³/mol. The van der Waals surface area contributed by atoms with E-state index >= 15 is 0 Å². The molecule has 3 aromatic heterocycles. The quantitative estimate of drug-likeness (QED) is 0.328. The van der Waals surface area contributed by atoms with Gasteiger partial charge < -0.3 is 20.0 Å². The van der Waals surface area contributed by atoms with Gasteiger partial charge >= 0.3 is 17.8 Å². The van der Waals surface area contributed by atoms with Crippen molar-refractivity contribution >= 4 is 27.8 Å². The van der Waals surface area contributed by atoms with Crippen molar-refractivity contribution in [2.45, 2.75) is 26.1 Å². The number of aromatic amines is 1. The van der Waals surface area contributed by atoms with Crippen molar-refractivity contribution in [3.63, 3.8) is 0 Å². The number of rotatable bonds is 5. The van der Waals surface area contributed by atoms with Crippen molar-refractivity contribution in [2.75, 3.05) is 6.54 Å². The molecule has 0 bridgehead atoms. The van der Waals surface area contributed by atoms with Gasteiger partial charge in [-0.25, -0.2) is 19.3 Å². The molecule has 12 heteroatoms. The van der Waals surface area contributed by atoms with Crippen LogP contribution in [0.4, 0.5) is 13.2 Å². The lowest BCUT2D eigenvalue weighted by Crippen LogP contribution is -2.21. The second-order valence-corrected chi connectivity index (χ2v) is 8.53. The van der Waals surface area contributed by atoms with Crippen LogP contribution in [0.25, 0.3) is 38.9 Å². The molecule has 0 atom stereocenters. The lowest BCUT2D eigenvalue weighted by molar-refractivity contribution is -0.192. The number of H-pyrrole nitrogens is 1. The number of hydrogen-bond donors (Lipinski definition) is 3. The number of benzene rings is 2. The molecule has 37 heavy (non-hydrogen) atoms. The molecular formula is C25H25F3N6O3. The van der Waals surface area contributed by atoms with Crippen molar-refractivity contribution in [3.8, 4) is 17.1 Å². The molecule has 5 rings (SSSR count). The number of carboxylic acids is 1. The smallest absolute Gasteiger partial charge is 0.475 e. The van der Waals surface area contributed by atoms with Gasteiger partial charge in [0.2, 0.25) is 0 Å². The van der Waals surface area contributed by atoms with Gasteiger partial charge in [-0.2, -0.15) is 18.3 Å². The number of carboxylic acid groups (broad SMARTS) is 1. The number of nitrogens with two attached hydrogens (primary N) is 1. The van der Waals surface area contributed by atoms with Crippen molar-refractivity contribution in [2.24, 2.45) is 12.8 Å². The minimum Gasteiger partial charge on any atom is -0.475 e. The number of hydrogen-bond acceptors (Lipinski definition) is 4. The Bertz CT molecular complexity index is 1640. The monoisotopic (exact) mass is 514 g/mol. The van der Waals surface area contributed by atoms with Crippen LogP contribution in [-0.4, -0.2) is 47.7 Å². The van der Waals surface area contributed by atoms with Gasteiger partial charge in [-0.05, 0) is 37.6 Å². The van der Waals surface area contributed by atoms with Crippen LogP contribution < -0.4 is 11.4 Å². The molecule has 0 saturated carbocycles. The number of aromatic nitrogens is 5. The van der Waals surface area contributed by atoms with Gasteiger partial charge in [-0.15, -0.1) is 0 Å². The Kier molecular flexibility index (Phi) is 6.94. The van der Waals surface area contributed by atoms with Crippen LogP contribution in [0.3, 0.4) is 0 Å². The van der Waals surface area contributed by atoms with E-state index in [4.69, 9.17) is 15.6 Å². The van der Waals surface area contributed by atoms with E-state index in [2.05, 4.69) is 56.6 Å². The molecule has 194 valence electrons. The second kappa shape index (κ2) is 9.97. The highest BCUT2D eigenvalue weighted by Gasteiger charge is 2.38. The lowest BCUT2D eigenvalue weighted by atomic mass is 10.1. The summed E-state index contributed by atoms with van der Waals surface area (Å²) in [5.74, 6) is -2.15. The first-order chi connectivity index (χ1) is 17.5. The standard InChI is InChI=1S/C23H24N6O.C2HF3O2/c1-15-8-9-17-20(12-15)28(11-5-10-24)14-21(17)29-22(25-26-23(29)30)18-13-27(2)19-7-4-3-6-16(18)19;3-2(4,5)1(6)7/h3-4,6-9,12-14H,5,10-11,24H2,1-2H3,(H,26,30);(H,6,7). The van der Waals surface area contributed by atoms with Gasteiger partial charge in [0.15, 0.2) is 5.82 Å². The van der Waals surface area contributed by atoms with Gasteiger partial charge in [-0.3, -0.25) is 0 Å². The molecule has 0 spiro atoms. The molecule has 9 nitrogen and oxygen atoms in total. The van der Waals surface area contributed by atoms with E-state index in [-0.39, 0.29) is 5.69 Å². The summed E-state index contributed by atoms with van der Waals surface area (Å²) in [4.78, 5) is 21.8. The highest BCUT2D eigenvalue weighted by Crippen LogP contribution is 2.32. The fraction of sp³-hybridized carbons (Fsp3) is 0.240. The number of nitrogens with zero attached hydrogens (tertiary/aromatic N) is 4. The zero-order valence-electron chi connectivity index (χ0n) is 20.1. The van der Waals surface area contributed by atoms with Gasteiger partial charge in [-0.1, -0.05) is 30.3 Å². The molecule has 2 aromatic carbocycles. The van der Waals surface area contributed by atoms with Crippen LogP contribution in [0.1, 0.15) is 12.0 Å². The minimum atomic E-state index is -5.08. The third kappa shape index (κ3) is 5.00. The van der Waals surface area contributed by atoms with Crippen LogP contribution in [0.2, 0.25) is 0 Å². The van der Waals surface area contributed by atoms with E-state index in [9.17, 15) is 18.0 Å². The first-order valence-corrected chi connectivity index (χ1v) is 11.3. The number of carbonyl (C=O) groups is 1. The van der Waals surface area contributed by atoms with Gasteiger partial charge in [0.1, 0.15) is 0 Å². The highest BCUT2D eigenvalue weighted by atomic mass is 19.4. The van der Waals surface area contributed by atoms with Crippen molar-refractivity contribution in [3.05, 3.63) is 70.9 Å². The first kappa shape index (κ1) is 25.8. The molecule has 0 aliphatic carbocycles. The molecule has 0 amide bonds. The van der Waals surface area contributed by atoms with E-state index in [1.807, 2.05) is 31.6 Å². The van der Waals surface area contributed by atoms with Crippen LogP contribution in [0.15, 0.2) is 59.7 Å². The summed E-state index contributed by atoms with van der Waals surface area (Å²) in [6.45, 7) is 3.49. The summed E-state index contributed by atoms with van der Waals surface area (Å²) in [6.07, 6.45) is -0.159. The Labute approximate surface area is 208 Å². The zero-order chi connectivity index (χ0) is 26.9. The molecule has 0 aliphatic rings.